The van der Waals surface area contributed by atoms with Crippen LogP contribution in [0.15, 0.2) is 79.1 Å². The second-order valence-corrected chi connectivity index (χ2v) is 19.7. The molecule has 6 N–H and O–H groups in total. The number of nitrogens with one attached hydrogen (secondary N) is 4. The minimum Gasteiger partial charge on any atom is -0.365 e. The van der Waals surface area contributed by atoms with E-state index >= 15 is 0 Å². The number of piperidine rings is 2. The smallest absolute Gasteiger partial charge is 0.293 e. The molecule has 3 amide bonds. The molecule has 9 rings (SSSR count). The summed E-state index contributed by atoms with van der Waals surface area (Å²) in [7, 11) is 0. The average Bonchev–Trinajstić information content (AvgIpc) is 4.00. The van der Waals surface area contributed by atoms with Crippen molar-refractivity contribution in [3.8, 4) is 0 Å². The summed E-state index contributed by atoms with van der Waals surface area (Å²) in [6.45, 7) is 18.7. The van der Waals surface area contributed by atoms with Crippen LogP contribution in [0.25, 0.3) is 10.9 Å². The number of pyridine rings is 2. The summed E-state index contributed by atoms with van der Waals surface area (Å²) in [5.74, 6) is -1.74. The molecule has 2 aliphatic heterocycles. The fourth-order valence-electron chi connectivity index (χ4n) is 9.09. The molecule has 4 aromatic heterocycles. The van der Waals surface area contributed by atoms with Gasteiger partial charge < -0.3 is 41.6 Å². The van der Waals surface area contributed by atoms with Crippen molar-refractivity contribution in [3.63, 3.8) is 0 Å². The van der Waals surface area contributed by atoms with Crippen LogP contribution in [-0.2, 0) is 0 Å². The maximum Gasteiger partial charge on any atom is 0.293 e. The first kappa shape index (κ1) is 50.1. The number of allylic oxidation sites excluding steroid dienone is 1. The molecule has 0 bridgehead atoms. The van der Waals surface area contributed by atoms with Crippen LogP contribution in [0.4, 0.5) is 47.4 Å². The molecular weight excluding hydrogens is 943 g/mol. The Kier molecular flexibility index (Phi) is 15.7. The van der Waals surface area contributed by atoms with Gasteiger partial charge in [-0.15, -0.1) is 4.98 Å². The van der Waals surface area contributed by atoms with E-state index in [1.165, 1.54) is 41.3 Å². The number of hydrogen-bond donors (Lipinski definition) is 5. The summed E-state index contributed by atoms with van der Waals surface area (Å²) in [6, 6.07) is 16.7. The third-order valence-electron chi connectivity index (χ3n) is 13.0. The average molecular weight is 999 g/mol. The Morgan fingerprint density at radius 3 is 1.77 bits per heavy atom. The molecule has 0 unspecified atom stereocenters. The molecule has 2 saturated heterocycles. The number of aryl methyl sites for hydroxylation is 2. The molecule has 6 heterocycles. The first-order chi connectivity index (χ1) is 34.2. The second-order valence-electron chi connectivity index (χ2n) is 18.1. The lowest BCUT2D eigenvalue weighted by Gasteiger charge is -2.41. The number of nitrogens with two attached hydrogens (primary N) is 1. The number of rotatable bonds is 13. The van der Waals surface area contributed by atoms with Crippen molar-refractivity contribution in [3.05, 3.63) is 142 Å². The molecule has 19 heteroatoms. The van der Waals surface area contributed by atoms with Crippen LogP contribution in [0.3, 0.4) is 0 Å². The zero-order valence-corrected chi connectivity index (χ0v) is 41.8. The molecule has 3 aliphatic rings. The molecule has 2 aromatic carbocycles. The van der Waals surface area contributed by atoms with Gasteiger partial charge >= 0.3 is 0 Å². The maximum absolute atomic E-state index is 14.7. The van der Waals surface area contributed by atoms with Gasteiger partial charge in [0.1, 0.15) is 27.8 Å². The first-order valence-electron chi connectivity index (χ1n) is 23.6. The quantitative estimate of drug-likeness (QED) is 0.0693. The van der Waals surface area contributed by atoms with Crippen LogP contribution in [0, 0.1) is 32.1 Å². The van der Waals surface area contributed by atoms with E-state index in [1.54, 1.807) is 30.6 Å². The topological polar surface area (TPSA) is 188 Å². The van der Waals surface area contributed by atoms with Crippen LogP contribution in [0.5, 0.6) is 0 Å². The summed E-state index contributed by atoms with van der Waals surface area (Å²) in [6.07, 6.45) is 12.4. The highest BCUT2D eigenvalue weighted by Gasteiger charge is 2.33. The number of primary amides is 1. The number of carbonyl (C=O) groups is 3. The summed E-state index contributed by atoms with van der Waals surface area (Å²) in [5, 5.41) is 14.2. The van der Waals surface area contributed by atoms with E-state index in [9.17, 15) is 23.2 Å². The summed E-state index contributed by atoms with van der Waals surface area (Å²) < 4.78 is 37.8. The van der Waals surface area contributed by atoms with Crippen LogP contribution >= 0.6 is 23.1 Å². The van der Waals surface area contributed by atoms with Gasteiger partial charge in [-0.25, -0.2) is 13.8 Å². The SMILES string of the molecule is C/C=C/c1ccc(C(=O)N[C@@H]2CCCN(c3cnc(C(N)=O)c(Nc4cc(C)ns4)c3)[C@@H]2C)c(F)c1.[C-]#[N+]c1ncc(N2CCC[C@@H](NC(=O)c3ccc(C4CC4)cc3F)[C@H]2C)cc1Nc1cc(C)ns1. The number of nitrogens with zero attached hydrogens (tertiary/aromatic N) is 7. The fourth-order valence-corrected chi connectivity index (χ4v) is 10.4. The lowest BCUT2D eigenvalue weighted by atomic mass is 9.96. The van der Waals surface area contributed by atoms with Gasteiger partial charge in [-0.1, -0.05) is 30.9 Å². The minimum absolute atomic E-state index is 0.0198. The maximum atomic E-state index is 14.7. The van der Waals surface area contributed by atoms with E-state index in [2.05, 4.69) is 61.6 Å². The van der Waals surface area contributed by atoms with Crippen molar-refractivity contribution in [2.24, 2.45) is 5.73 Å². The molecule has 368 valence electrons. The Hall–Kier alpha value is -7.30. The van der Waals surface area contributed by atoms with Crippen LogP contribution < -0.4 is 36.8 Å². The van der Waals surface area contributed by atoms with Crippen LogP contribution in [-0.4, -0.2) is 73.7 Å². The number of amides is 3. The monoisotopic (exact) mass is 998 g/mol. The Morgan fingerprint density at radius 2 is 1.28 bits per heavy atom. The van der Waals surface area contributed by atoms with E-state index in [4.69, 9.17) is 12.3 Å². The van der Waals surface area contributed by atoms with Crippen molar-refractivity contribution in [2.75, 3.05) is 33.5 Å². The second kappa shape index (κ2) is 22.2. The number of anilines is 6. The van der Waals surface area contributed by atoms with Gasteiger partial charge in [0.05, 0.1) is 51.5 Å². The highest BCUT2D eigenvalue weighted by molar-refractivity contribution is 7.10. The molecule has 6 aromatic rings. The van der Waals surface area contributed by atoms with Gasteiger partial charge in [-0.2, -0.15) is 8.75 Å². The Labute approximate surface area is 420 Å². The van der Waals surface area contributed by atoms with Gasteiger partial charge in [0, 0.05) is 37.3 Å². The molecule has 71 heavy (non-hydrogen) atoms. The Bertz CT molecular complexity index is 3000. The summed E-state index contributed by atoms with van der Waals surface area (Å²) >= 11 is 2.61. The molecule has 4 atom stereocenters. The number of halogens is 2. The fraction of sp³-hybridized carbons (Fsp3) is 0.346. The zero-order valence-electron chi connectivity index (χ0n) is 40.1. The molecular formula is C52H56F2N12O3S2. The van der Waals surface area contributed by atoms with Gasteiger partial charge in [0.25, 0.3) is 23.5 Å². The minimum atomic E-state index is -0.635. The van der Waals surface area contributed by atoms with Crippen molar-refractivity contribution < 1.29 is 23.2 Å². The highest BCUT2D eigenvalue weighted by Crippen LogP contribution is 2.41. The van der Waals surface area contributed by atoms with Crippen molar-refractivity contribution in [1.29, 1.82) is 0 Å². The molecule has 0 radical (unpaired) electrons. The number of carbonyl (C=O) groups excluding carboxylic acids is 3. The van der Waals surface area contributed by atoms with Crippen LogP contribution in [0.2, 0.25) is 0 Å². The third-order valence-corrected chi connectivity index (χ3v) is 14.6. The van der Waals surface area contributed by atoms with E-state index in [1.807, 2.05) is 64.1 Å². The largest absolute Gasteiger partial charge is 0.365 e. The van der Waals surface area contributed by atoms with Gasteiger partial charge in [0.15, 0.2) is 5.69 Å². The molecule has 1 aliphatic carbocycles. The van der Waals surface area contributed by atoms with E-state index in [0.29, 0.717) is 28.7 Å². The number of aromatic nitrogens is 4. The van der Waals surface area contributed by atoms with E-state index in [0.717, 1.165) is 89.9 Å². The highest BCUT2D eigenvalue weighted by atomic mass is 32.1. The predicted octanol–water partition coefficient (Wildman–Crippen LogP) is 10.6. The summed E-state index contributed by atoms with van der Waals surface area (Å²) in [5.41, 5.74) is 12.0. The first-order valence-corrected chi connectivity index (χ1v) is 25.2. The van der Waals surface area contributed by atoms with Gasteiger partial charge in [0.2, 0.25) is 0 Å². The predicted molar refractivity (Wildman–Crippen MR) is 278 cm³/mol. The number of benzene rings is 2. The van der Waals surface area contributed by atoms with Crippen LogP contribution in [0.1, 0.15) is 119 Å². The lowest BCUT2D eigenvalue weighted by molar-refractivity contribution is 0.0912. The van der Waals surface area contributed by atoms with E-state index < -0.39 is 23.4 Å². The van der Waals surface area contributed by atoms with Gasteiger partial charge in [-0.05, 0) is 162 Å². The standard InChI is InChI=1S/C26H29FN6O2S.C26H27FN6OS/c1-4-6-17-8-9-19(20(27)12-17)26(35)31-21-7-5-10-33(16(21)3)18-13-22(24(25(28)34)29-14-18)30-23-11-15(2)32-36-23;1-15-11-24(35-32-15)30-23-13-19(14-29-25(23)28-3)33-10-4-5-22(16(33)2)31-26(34)20-9-8-18(12-21(20)27)17-6-7-17/h4,6,8-9,11-14,16,21,30H,5,7,10H2,1-3H3,(H2,28,34)(H,31,35);8-9,11-14,16-17,22,30H,4-7,10H2,1-2H3,(H,31,34)/b6-4+;/t16-,21-;16-,22-/m11/s1. The number of hydrogen-bond acceptors (Lipinski definition) is 13. The van der Waals surface area contributed by atoms with Crippen molar-refractivity contribution >= 4 is 85.4 Å². The van der Waals surface area contributed by atoms with E-state index in [-0.39, 0.29) is 46.9 Å². The van der Waals surface area contributed by atoms with Crippen molar-refractivity contribution in [2.45, 2.75) is 103 Å². The van der Waals surface area contributed by atoms with Crippen molar-refractivity contribution in [1.82, 2.24) is 29.3 Å². The third kappa shape index (κ3) is 12.0. The zero-order chi connectivity index (χ0) is 50.3. The summed E-state index contributed by atoms with van der Waals surface area (Å²) in [4.78, 5) is 54.4. The molecule has 3 fully saturated rings. The normalized spacial score (nSPS) is 18.8. The van der Waals surface area contributed by atoms with Gasteiger partial charge in [-0.3, -0.25) is 14.4 Å². The Balaban J connectivity index is 0.000000190. The molecule has 0 spiro atoms. The molecule has 15 nitrogen and oxygen atoms in total. The Morgan fingerprint density at radius 1 is 0.746 bits per heavy atom. The lowest BCUT2D eigenvalue weighted by Crippen LogP contribution is -2.54. The molecule has 1 saturated carbocycles.